The van der Waals surface area contributed by atoms with Crippen LogP contribution >= 0.6 is 0 Å². The van der Waals surface area contributed by atoms with Gasteiger partial charge in [-0.05, 0) is 30.5 Å². The molecule has 0 atom stereocenters. The first-order chi connectivity index (χ1) is 9.02. The number of hydrogen-bond acceptors (Lipinski definition) is 2. The second kappa shape index (κ2) is 5.14. The molecule has 0 saturated heterocycles. The van der Waals surface area contributed by atoms with Crippen molar-refractivity contribution in [2.24, 2.45) is 0 Å². The lowest BCUT2D eigenvalue weighted by molar-refractivity contribution is -0.130. The summed E-state index contributed by atoms with van der Waals surface area (Å²) in [7, 11) is 1.75. The standard InChI is InChI=1S/C14H16N2O3/c1-3-15(2)13(17)9-16-7-6-10-4-5-11(14(18)19)8-12(10)16/h4-8H,3,9H2,1-2H3,(H,18,19). The highest BCUT2D eigenvalue weighted by atomic mass is 16.4. The highest BCUT2D eigenvalue weighted by molar-refractivity contribution is 5.93. The third-order valence-electron chi connectivity index (χ3n) is 3.23. The Morgan fingerprint density at radius 2 is 2.05 bits per heavy atom. The molecule has 0 aliphatic carbocycles. The zero-order valence-electron chi connectivity index (χ0n) is 11.0. The van der Waals surface area contributed by atoms with Crippen LogP contribution in [-0.2, 0) is 11.3 Å². The van der Waals surface area contributed by atoms with Gasteiger partial charge < -0.3 is 14.6 Å². The van der Waals surface area contributed by atoms with Gasteiger partial charge in [0.15, 0.2) is 0 Å². The van der Waals surface area contributed by atoms with Gasteiger partial charge >= 0.3 is 5.97 Å². The number of carboxylic acid groups (broad SMARTS) is 1. The Kier molecular flexibility index (Phi) is 3.55. The van der Waals surface area contributed by atoms with Gasteiger partial charge in [0.1, 0.15) is 6.54 Å². The fourth-order valence-electron chi connectivity index (χ4n) is 1.90. The van der Waals surface area contributed by atoms with Crippen LogP contribution in [0.2, 0.25) is 0 Å². The number of aromatic carboxylic acids is 1. The van der Waals surface area contributed by atoms with E-state index < -0.39 is 5.97 Å². The van der Waals surface area contributed by atoms with E-state index in [9.17, 15) is 9.59 Å². The molecule has 2 aromatic rings. The largest absolute Gasteiger partial charge is 0.478 e. The van der Waals surface area contributed by atoms with Gasteiger partial charge in [0.2, 0.25) is 5.91 Å². The van der Waals surface area contributed by atoms with E-state index in [2.05, 4.69) is 0 Å². The molecule has 0 saturated carbocycles. The zero-order chi connectivity index (χ0) is 14.0. The predicted molar refractivity (Wildman–Crippen MR) is 72.2 cm³/mol. The SMILES string of the molecule is CCN(C)C(=O)Cn1ccc2ccc(C(=O)O)cc21. The van der Waals surface area contributed by atoms with E-state index in [1.54, 1.807) is 40.9 Å². The van der Waals surface area contributed by atoms with Crippen LogP contribution in [0.4, 0.5) is 0 Å². The summed E-state index contributed by atoms with van der Waals surface area (Å²) in [6.45, 7) is 2.78. The van der Waals surface area contributed by atoms with Crippen LogP contribution in [0.1, 0.15) is 17.3 Å². The Hall–Kier alpha value is -2.30. The number of likely N-dealkylation sites (N-methyl/N-ethyl adjacent to an activating group) is 1. The monoisotopic (exact) mass is 260 g/mol. The van der Waals surface area contributed by atoms with Gasteiger partial charge in [-0.25, -0.2) is 4.79 Å². The quantitative estimate of drug-likeness (QED) is 0.912. The van der Waals surface area contributed by atoms with Gasteiger partial charge in [0, 0.05) is 25.3 Å². The second-order valence-corrected chi connectivity index (χ2v) is 4.43. The van der Waals surface area contributed by atoms with E-state index in [0.717, 1.165) is 10.9 Å². The first kappa shape index (κ1) is 13.1. The number of nitrogens with zero attached hydrogens (tertiary/aromatic N) is 2. The number of benzene rings is 1. The molecule has 100 valence electrons. The zero-order valence-corrected chi connectivity index (χ0v) is 11.0. The van der Waals surface area contributed by atoms with Crippen molar-refractivity contribution in [3.05, 3.63) is 36.0 Å². The average molecular weight is 260 g/mol. The van der Waals surface area contributed by atoms with Gasteiger partial charge in [0.25, 0.3) is 0 Å². The van der Waals surface area contributed by atoms with E-state index in [0.29, 0.717) is 6.54 Å². The number of rotatable bonds is 4. The number of carboxylic acids is 1. The van der Waals surface area contributed by atoms with E-state index >= 15 is 0 Å². The van der Waals surface area contributed by atoms with Crippen molar-refractivity contribution >= 4 is 22.8 Å². The number of aromatic nitrogens is 1. The van der Waals surface area contributed by atoms with Crippen molar-refractivity contribution in [1.82, 2.24) is 9.47 Å². The molecule has 0 fully saturated rings. The lowest BCUT2D eigenvalue weighted by atomic mass is 10.1. The molecule has 1 amide bonds. The number of amides is 1. The minimum absolute atomic E-state index is 0.000674. The summed E-state index contributed by atoms with van der Waals surface area (Å²) in [5, 5.41) is 9.92. The third-order valence-corrected chi connectivity index (χ3v) is 3.23. The fraction of sp³-hybridized carbons (Fsp3) is 0.286. The Bertz CT molecular complexity index is 631. The van der Waals surface area contributed by atoms with E-state index in [4.69, 9.17) is 5.11 Å². The molecule has 1 N–H and O–H groups in total. The van der Waals surface area contributed by atoms with E-state index in [1.165, 1.54) is 0 Å². The Labute approximate surface area is 111 Å². The molecule has 0 radical (unpaired) electrons. The first-order valence-electron chi connectivity index (χ1n) is 6.09. The van der Waals surface area contributed by atoms with Crippen LogP contribution in [0.5, 0.6) is 0 Å². The van der Waals surface area contributed by atoms with Crippen molar-refractivity contribution in [2.45, 2.75) is 13.5 Å². The molecule has 0 spiro atoms. The number of fused-ring (bicyclic) bond motifs is 1. The van der Waals surface area contributed by atoms with E-state index in [1.807, 2.05) is 13.0 Å². The summed E-state index contributed by atoms with van der Waals surface area (Å²) in [4.78, 5) is 24.5. The minimum atomic E-state index is -0.966. The van der Waals surface area contributed by atoms with Crippen molar-refractivity contribution in [3.8, 4) is 0 Å². The van der Waals surface area contributed by atoms with Gasteiger partial charge in [-0.15, -0.1) is 0 Å². The highest BCUT2D eigenvalue weighted by Crippen LogP contribution is 2.18. The predicted octanol–water partition coefficient (Wildman–Crippen LogP) is 1.82. The maximum absolute atomic E-state index is 11.9. The molecule has 2 rings (SSSR count). The lowest BCUT2D eigenvalue weighted by Gasteiger charge is -2.15. The molecule has 1 heterocycles. The molecular weight excluding hydrogens is 244 g/mol. The fourth-order valence-corrected chi connectivity index (χ4v) is 1.90. The normalized spacial score (nSPS) is 10.6. The van der Waals surface area contributed by atoms with Crippen LogP contribution in [0.3, 0.4) is 0 Å². The number of carbonyl (C=O) groups is 2. The Morgan fingerprint density at radius 1 is 1.32 bits per heavy atom. The van der Waals surface area contributed by atoms with Crippen molar-refractivity contribution in [2.75, 3.05) is 13.6 Å². The van der Waals surface area contributed by atoms with Gasteiger partial charge in [-0.3, -0.25) is 4.79 Å². The summed E-state index contributed by atoms with van der Waals surface area (Å²) in [6, 6.07) is 6.79. The summed E-state index contributed by atoms with van der Waals surface area (Å²) < 4.78 is 1.77. The Balaban J connectivity index is 2.36. The van der Waals surface area contributed by atoms with Crippen molar-refractivity contribution < 1.29 is 14.7 Å². The van der Waals surface area contributed by atoms with E-state index in [-0.39, 0.29) is 18.0 Å². The number of carbonyl (C=O) groups excluding carboxylic acids is 1. The average Bonchev–Trinajstić information content (AvgIpc) is 2.80. The summed E-state index contributed by atoms with van der Waals surface area (Å²) in [5.41, 5.74) is 0.987. The van der Waals surface area contributed by atoms with Crippen molar-refractivity contribution in [1.29, 1.82) is 0 Å². The molecule has 0 aliphatic rings. The highest BCUT2D eigenvalue weighted by Gasteiger charge is 2.11. The molecule has 1 aromatic carbocycles. The first-order valence-corrected chi connectivity index (χ1v) is 6.09. The lowest BCUT2D eigenvalue weighted by Crippen LogP contribution is -2.29. The van der Waals surface area contributed by atoms with Crippen molar-refractivity contribution in [3.63, 3.8) is 0 Å². The third kappa shape index (κ3) is 2.59. The molecule has 0 unspecified atom stereocenters. The van der Waals surface area contributed by atoms with Crippen LogP contribution in [-0.4, -0.2) is 40.0 Å². The molecule has 1 aromatic heterocycles. The summed E-state index contributed by atoms with van der Waals surface area (Å²) in [6.07, 6.45) is 1.80. The van der Waals surface area contributed by atoms with Gasteiger partial charge in [-0.2, -0.15) is 0 Å². The summed E-state index contributed by atoms with van der Waals surface area (Å²) >= 11 is 0. The topological polar surface area (TPSA) is 62.5 Å². The molecular formula is C14H16N2O3. The van der Waals surface area contributed by atoms with Gasteiger partial charge in [0.05, 0.1) is 5.56 Å². The molecule has 0 aliphatic heterocycles. The Morgan fingerprint density at radius 3 is 2.68 bits per heavy atom. The van der Waals surface area contributed by atoms with Crippen LogP contribution in [0.15, 0.2) is 30.5 Å². The van der Waals surface area contributed by atoms with Crippen LogP contribution < -0.4 is 0 Å². The molecule has 5 heteroatoms. The minimum Gasteiger partial charge on any atom is -0.478 e. The maximum Gasteiger partial charge on any atom is 0.335 e. The molecule has 5 nitrogen and oxygen atoms in total. The smallest absolute Gasteiger partial charge is 0.335 e. The van der Waals surface area contributed by atoms with Crippen LogP contribution in [0, 0.1) is 0 Å². The maximum atomic E-state index is 11.9. The molecule has 0 bridgehead atoms. The number of hydrogen-bond donors (Lipinski definition) is 1. The van der Waals surface area contributed by atoms with Gasteiger partial charge in [-0.1, -0.05) is 6.07 Å². The summed E-state index contributed by atoms with van der Waals surface area (Å²) in [5.74, 6) is -0.965. The second-order valence-electron chi connectivity index (χ2n) is 4.43. The van der Waals surface area contributed by atoms with Crippen LogP contribution in [0.25, 0.3) is 10.9 Å². The molecule has 19 heavy (non-hydrogen) atoms.